The number of likely N-dealkylation sites (N-methyl/N-ethyl adjacent to an activating group) is 1. The van der Waals surface area contributed by atoms with Crippen molar-refractivity contribution in [1.82, 2.24) is 5.32 Å². The van der Waals surface area contributed by atoms with Crippen molar-refractivity contribution < 1.29 is 32.9 Å². The largest absolute Gasteiger partial charge is 0.756 e. The number of nitrogens with one attached hydrogen (secondary N) is 1. The highest BCUT2D eigenvalue weighted by atomic mass is 31.2. The number of hydrogen-bond donors (Lipinski definition) is 2. The van der Waals surface area contributed by atoms with Gasteiger partial charge < -0.3 is 28.8 Å². The fourth-order valence-electron chi connectivity index (χ4n) is 10.7. The predicted molar refractivity (Wildman–Crippen MR) is 357 cm³/mol. The summed E-state index contributed by atoms with van der Waals surface area (Å²) in [5, 5.41) is 14.0. The predicted octanol–water partition coefficient (Wildman–Crippen LogP) is 22.1. The average Bonchev–Trinajstić information content (AvgIpc) is 3.47. The molecule has 1 amide bonds. The smallest absolute Gasteiger partial charge is 0.268 e. The SMILES string of the molecule is CCCCCCC/C=C\C/C=C\C/C=C\CCCCCCCCCCCCCCCCCCC(=O)NC(COP(=O)([O-])OCC[N+](C)(C)C)C(O)/C=C/CC/C=C/CCCCCCCCCCCCCCCCCCCCCCCCC. The zero-order chi connectivity index (χ0) is 59.8. The van der Waals surface area contributed by atoms with E-state index >= 15 is 0 Å². The van der Waals surface area contributed by atoms with E-state index in [0.717, 1.165) is 51.4 Å². The van der Waals surface area contributed by atoms with E-state index < -0.39 is 26.6 Å². The van der Waals surface area contributed by atoms with Crippen LogP contribution in [0.3, 0.4) is 0 Å². The summed E-state index contributed by atoms with van der Waals surface area (Å²) in [4.78, 5) is 25.6. The second-order valence-electron chi connectivity index (χ2n) is 25.6. The lowest BCUT2D eigenvalue weighted by atomic mass is 10.0. The number of hydrogen-bond acceptors (Lipinski definition) is 6. The molecule has 0 fully saturated rings. The number of nitrogens with zero attached hydrogens (tertiary/aromatic N) is 1. The maximum absolute atomic E-state index is 13.0. The molecule has 0 bridgehead atoms. The quantitative estimate of drug-likeness (QED) is 0.0272. The molecule has 82 heavy (non-hydrogen) atoms. The van der Waals surface area contributed by atoms with Crippen molar-refractivity contribution in [2.75, 3.05) is 40.9 Å². The van der Waals surface area contributed by atoms with E-state index in [4.69, 9.17) is 9.05 Å². The Kier molecular flexibility index (Phi) is 62.3. The van der Waals surface area contributed by atoms with Gasteiger partial charge >= 0.3 is 0 Å². The Morgan fingerprint density at radius 2 is 0.720 bits per heavy atom. The highest BCUT2D eigenvalue weighted by Crippen LogP contribution is 2.38. The molecule has 8 nitrogen and oxygen atoms in total. The third kappa shape index (κ3) is 65.7. The fraction of sp³-hybridized carbons (Fsp3) is 0.849. The van der Waals surface area contributed by atoms with E-state index in [0.29, 0.717) is 17.4 Å². The third-order valence-electron chi connectivity index (χ3n) is 16.2. The molecule has 0 aliphatic carbocycles. The lowest BCUT2D eigenvalue weighted by molar-refractivity contribution is -0.870. The molecule has 0 heterocycles. The van der Waals surface area contributed by atoms with Gasteiger partial charge in [0, 0.05) is 6.42 Å². The molecule has 3 atom stereocenters. The molecule has 0 aromatic heterocycles. The summed E-state index contributed by atoms with van der Waals surface area (Å²) in [5.74, 6) is -0.203. The van der Waals surface area contributed by atoms with Gasteiger partial charge in [0.05, 0.1) is 39.9 Å². The van der Waals surface area contributed by atoms with Gasteiger partial charge in [0.25, 0.3) is 7.82 Å². The zero-order valence-electron chi connectivity index (χ0n) is 55.2. The standard InChI is InChI=1S/C73H139N2O6P/c1-6-8-10-12-14-16-18-20-22-24-26-28-30-32-34-36-37-39-41-43-45-47-49-51-53-55-57-59-61-63-65-67-73(77)74-71(70-81-82(78,79)80-69-68-75(3,4)5)72(76)66-64-62-60-58-56-54-52-50-48-46-44-42-40-38-35-33-31-29-27-25-23-21-19-17-15-13-11-9-7-2/h18,20,24,26,30,32,56,58,64,66,71-72,76H,6-17,19,21-23,25,27-29,31,33-55,57,59-63,65,67-70H2,1-5H3,(H-,74,77,78,79)/b20-18-,26-24-,32-30-,58-56+,66-64+. The number of carbonyl (C=O) groups is 1. The molecule has 2 N–H and O–H groups in total. The van der Waals surface area contributed by atoms with Crippen LogP contribution in [0.4, 0.5) is 0 Å². The normalized spacial score (nSPS) is 14.0. The number of aliphatic hydroxyl groups excluding tert-OH is 1. The Balaban J connectivity index is 4.09. The van der Waals surface area contributed by atoms with E-state index in [1.165, 1.54) is 276 Å². The molecule has 0 aliphatic rings. The van der Waals surface area contributed by atoms with E-state index in [1.54, 1.807) is 6.08 Å². The summed E-state index contributed by atoms with van der Waals surface area (Å²) in [5.41, 5.74) is 0. The molecular formula is C73H139N2O6P. The molecule has 3 unspecified atom stereocenters. The van der Waals surface area contributed by atoms with Crippen molar-refractivity contribution in [3.05, 3.63) is 60.8 Å². The number of rotatable bonds is 66. The van der Waals surface area contributed by atoms with Crippen LogP contribution in [0, 0.1) is 0 Å². The minimum absolute atomic E-state index is 0.00664. The Hall–Kier alpha value is -1.80. The van der Waals surface area contributed by atoms with Gasteiger partial charge in [-0.25, -0.2) is 0 Å². The Labute approximate surface area is 511 Å². The van der Waals surface area contributed by atoms with Crippen LogP contribution in [0.2, 0.25) is 0 Å². The molecule has 0 aromatic carbocycles. The summed E-state index contributed by atoms with van der Waals surface area (Å²) in [6.45, 7) is 4.66. The first-order valence-corrected chi connectivity index (χ1v) is 37.1. The van der Waals surface area contributed by atoms with Crippen LogP contribution in [0.5, 0.6) is 0 Å². The molecular weight excluding hydrogens is 1030 g/mol. The van der Waals surface area contributed by atoms with Crippen LogP contribution in [-0.2, 0) is 18.4 Å². The number of amides is 1. The van der Waals surface area contributed by atoms with Crippen molar-refractivity contribution >= 4 is 13.7 Å². The Morgan fingerprint density at radius 3 is 1.07 bits per heavy atom. The maximum Gasteiger partial charge on any atom is 0.268 e. The van der Waals surface area contributed by atoms with Gasteiger partial charge in [0.15, 0.2) is 0 Å². The topological polar surface area (TPSA) is 108 Å². The summed E-state index contributed by atoms with van der Waals surface area (Å²) >= 11 is 0. The number of carbonyl (C=O) groups excluding carboxylic acids is 1. The van der Waals surface area contributed by atoms with Gasteiger partial charge in [0.1, 0.15) is 13.2 Å². The molecule has 0 saturated carbocycles. The second kappa shape index (κ2) is 63.7. The first kappa shape index (κ1) is 80.2. The highest BCUT2D eigenvalue weighted by Gasteiger charge is 2.23. The minimum Gasteiger partial charge on any atom is -0.756 e. The lowest BCUT2D eigenvalue weighted by Crippen LogP contribution is -2.45. The van der Waals surface area contributed by atoms with E-state index in [9.17, 15) is 19.4 Å². The molecule has 0 radical (unpaired) electrons. The van der Waals surface area contributed by atoms with Gasteiger partial charge in [0.2, 0.25) is 5.91 Å². The van der Waals surface area contributed by atoms with Crippen molar-refractivity contribution in [2.45, 2.75) is 360 Å². The lowest BCUT2D eigenvalue weighted by Gasteiger charge is -2.29. The average molecular weight is 1170 g/mol. The molecule has 0 saturated heterocycles. The molecule has 0 rings (SSSR count). The summed E-state index contributed by atoms with van der Waals surface area (Å²) in [7, 11) is 1.25. The number of phosphoric acid groups is 1. The molecule has 482 valence electrons. The van der Waals surface area contributed by atoms with Gasteiger partial charge in [-0.1, -0.05) is 331 Å². The van der Waals surface area contributed by atoms with Gasteiger partial charge in [-0.3, -0.25) is 9.36 Å². The fourth-order valence-corrected chi connectivity index (χ4v) is 11.4. The van der Waals surface area contributed by atoms with Crippen molar-refractivity contribution in [3.63, 3.8) is 0 Å². The summed E-state index contributed by atoms with van der Waals surface area (Å²) < 4.78 is 23.5. The number of phosphoric ester groups is 1. The highest BCUT2D eigenvalue weighted by molar-refractivity contribution is 7.45. The van der Waals surface area contributed by atoms with Gasteiger partial charge in [-0.2, -0.15) is 0 Å². The number of quaternary nitrogens is 1. The van der Waals surface area contributed by atoms with Gasteiger partial charge in [-0.15, -0.1) is 0 Å². The monoisotopic (exact) mass is 1170 g/mol. The third-order valence-corrected chi connectivity index (χ3v) is 17.2. The summed E-state index contributed by atoms with van der Waals surface area (Å²) in [6, 6.07) is -0.907. The molecule has 9 heteroatoms. The van der Waals surface area contributed by atoms with E-state index in [1.807, 2.05) is 27.2 Å². The molecule has 0 aromatic rings. The van der Waals surface area contributed by atoms with Crippen LogP contribution in [0.15, 0.2) is 60.8 Å². The van der Waals surface area contributed by atoms with Crippen molar-refractivity contribution in [2.24, 2.45) is 0 Å². The van der Waals surface area contributed by atoms with E-state index in [-0.39, 0.29) is 12.5 Å². The number of allylic oxidation sites excluding steroid dienone is 9. The van der Waals surface area contributed by atoms with Crippen LogP contribution in [0.25, 0.3) is 0 Å². The van der Waals surface area contributed by atoms with E-state index in [2.05, 4.69) is 67.8 Å². The first-order chi connectivity index (χ1) is 40.0. The number of unbranched alkanes of at least 4 members (excludes halogenated alkanes) is 45. The molecule has 0 aliphatic heterocycles. The van der Waals surface area contributed by atoms with Crippen LogP contribution in [-0.4, -0.2) is 68.5 Å². The Morgan fingerprint density at radius 1 is 0.427 bits per heavy atom. The Bertz CT molecular complexity index is 1520. The van der Waals surface area contributed by atoms with Crippen LogP contribution in [0.1, 0.15) is 348 Å². The minimum atomic E-state index is -4.61. The maximum atomic E-state index is 13.0. The first-order valence-electron chi connectivity index (χ1n) is 35.7. The zero-order valence-corrected chi connectivity index (χ0v) is 56.1. The van der Waals surface area contributed by atoms with Crippen molar-refractivity contribution in [1.29, 1.82) is 0 Å². The number of aliphatic hydroxyl groups is 1. The van der Waals surface area contributed by atoms with Crippen LogP contribution < -0.4 is 10.2 Å². The molecule has 0 spiro atoms. The van der Waals surface area contributed by atoms with Gasteiger partial charge in [-0.05, 0) is 70.6 Å². The summed E-state index contributed by atoms with van der Waals surface area (Å²) in [6.07, 6.45) is 87.8. The second-order valence-corrected chi connectivity index (χ2v) is 27.0. The van der Waals surface area contributed by atoms with Crippen molar-refractivity contribution in [3.8, 4) is 0 Å². The van der Waals surface area contributed by atoms with Crippen LogP contribution >= 0.6 is 7.82 Å².